The molecule has 0 saturated carbocycles. The number of piperidine rings is 1. The van der Waals surface area contributed by atoms with E-state index in [9.17, 15) is 10.1 Å². The van der Waals surface area contributed by atoms with E-state index in [1.165, 1.54) is 12.1 Å². The number of methoxy groups -OCH3 is 1. The molecule has 0 aliphatic carbocycles. The minimum Gasteiger partial charge on any atom is -0.384 e. The summed E-state index contributed by atoms with van der Waals surface area (Å²) < 4.78 is 5.30. The first-order chi connectivity index (χ1) is 8.61. The predicted octanol–water partition coefficient (Wildman–Crippen LogP) is 1.19. The van der Waals surface area contributed by atoms with Crippen LogP contribution in [0, 0.1) is 10.1 Å². The molecule has 1 atom stereocenters. The minimum absolute atomic E-state index is 0.0130. The maximum atomic E-state index is 11.0. The summed E-state index contributed by atoms with van der Waals surface area (Å²) in [7, 11) is 1.65. The number of nitrogens with two attached hydrogens (primary N) is 1. The Morgan fingerprint density at radius 2 is 2.39 bits per heavy atom. The Morgan fingerprint density at radius 1 is 1.61 bits per heavy atom. The molecule has 1 aliphatic rings. The fraction of sp³-hybridized carbons (Fsp3) is 0.545. The topological polar surface area (TPSA) is 94.5 Å². The Balaban J connectivity index is 2.31. The number of anilines is 2. The van der Waals surface area contributed by atoms with Crippen molar-refractivity contribution in [2.24, 2.45) is 0 Å². The second kappa shape index (κ2) is 5.18. The molecule has 7 heteroatoms. The summed E-state index contributed by atoms with van der Waals surface area (Å²) in [6, 6.07) is 2.84. The average molecular weight is 252 g/mol. The highest BCUT2D eigenvalue weighted by Crippen LogP contribution is 2.29. The fourth-order valence-corrected chi connectivity index (χ4v) is 2.15. The third-order valence-electron chi connectivity index (χ3n) is 3.08. The lowest BCUT2D eigenvalue weighted by molar-refractivity contribution is -0.384. The van der Waals surface area contributed by atoms with E-state index in [0.717, 1.165) is 19.4 Å². The van der Waals surface area contributed by atoms with Crippen molar-refractivity contribution in [1.82, 2.24) is 4.98 Å². The van der Waals surface area contributed by atoms with E-state index in [1.54, 1.807) is 7.11 Å². The molecule has 1 fully saturated rings. The Labute approximate surface area is 105 Å². The van der Waals surface area contributed by atoms with Crippen molar-refractivity contribution in [1.29, 1.82) is 0 Å². The number of hydrogen-bond donors (Lipinski definition) is 1. The summed E-state index contributed by atoms with van der Waals surface area (Å²) >= 11 is 0. The normalized spacial score (nSPS) is 19.8. The lowest BCUT2D eigenvalue weighted by Gasteiger charge is -2.32. The molecule has 18 heavy (non-hydrogen) atoms. The monoisotopic (exact) mass is 252 g/mol. The Bertz CT molecular complexity index is 452. The summed E-state index contributed by atoms with van der Waals surface area (Å²) in [5.74, 6) is 0.622. The number of nitrogen functional groups attached to an aromatic ring is 1. The smallest absolute Gasteiger partial charge is 0.311 e. The van der Waals surface area contributed by atoms with Crippen molar-refractivity contribution in [3.63, 3.8) is 0 Å². The molecule has 2 N–H and O–H groups in total. The van der Waals surface area contributed by atoms with Crippen molar-refractivity contribution < 1.29 is 9.66 Å². The van der Waals surface area contributed by atoms with Crippen LogP contribution in [0.3, 0.4) is 0 Å². The standard InChI is InChI=1S/C11H16N4O3/c1-18-8-3-2-6-14(7-8)11-9(15(16)17)4-5-10(12)13-11/h4-5,8H,2-3,6-7H2,1H3,(H2,12,13). The van der Waals surface area contributed by atoms with Crippen LogP contribution >= 0.6 is 0 Å². The van der Waals surface area contributed by atoms with Crippen molar-refractivity contribution in [2.75, 3.05) is 30.8 Å². The predicted molar refractivity (Wildman–Crippen MR) is 67.5 cm³/mol. The van der Waals surface area contributed by atoms with Crippen LogP contribution in [-0.4, -0.2) is 36.2 Å². The van der Waals surface area contributed by atoms with Gasteiger partial charge in [-0.1, -0.05) is 0 Å². The van der Waals surface area contributed by atoms with Gasteiger partial charge in [0.05, 0.1) is 11.0 Å². The molecule has 2 rings (SSSR count). The van der Waals surface area contributed by atoms with Crippen molar-refractivity contribution >= 4 is 17.3 Å². The first-order valence-corrected chi connectivity index (χ1v) is 5.80. The van der Waals surface area contributed by atoms with Gasteiger partial charge >= 0.3 is 5.69 Å². The Kier molecular flexibility index (Phi) is 3.61. The molecule has 0 amide bonds. The summed E-state index contributed by atoms with van der Waals surface area (Å²) in [5, 5.41) is 11.0. The molecule has 7 nitrogen and oxygen atoms in total. The Hall–Kier alpha value is -1.89. The second-order valence-electron chi connectivity index (χ2n) is 4.28. The van der Waals surface area contributed by atoms with Gasteiger partial charge in [-0.25, -0.2) is 4.98 Å². The van der Waals surface area contributed by atoms with Crippen LogP contribution in [0.15, 0.2) is 12.1 Å². The Morgan fingerprint density at radius 3 is 3.06 bits per heavy atom. The zero-order valence-corrected chi connectivity index (χ0v) is 10.2. The van der Waals surface area contributed by atoms with E-state index in [2.05, 4.69) is 4.98 Å². The maximum Gasteiger partial charge on any atom is 0.311 e. The third-order valence-corrected chi connectivity index (χ3v) is 3.08. The SMILES string of the molecule is COC1CCCN(c2nc(N)ccc2[N+](=O)[O-])C1. The van der Waals surface area contributed by atoms with Gasteiger partial charge < -0.3 is 15.4 Å². The molecule has 2 heterocycles. The second-order valence-corrected chi connectivity index (χ2v) is 4.28. The third kappa shape index (κ3) is 2.51. The van der Waals surface area contributed by atoms with Gasteiger partial charge in [0.15, 0.2) is 0 Å². The zero-order valence-electron chi connectivity index (χ0n) is 10.2. The summed E-state index contributed by atoms with van der Waals surface area (Å²) in [4.78, 5) is 16.5. The minimum atomic E-state index is -0.432. The number of pyridine rings is 1. The molecule has 1 aromatic heterocycles. The van der Waals surface area contributed by atoms with E-state index in [4.69, 9.17) is 10.5 Å². The van der Waals surface area contributed by atoms with Gasteiger partial charge in [0.2, 0.25) is 5.82 Å². The molecule has 0 radical (unpaired) electrons. The van der Waals surface area contributed by atoms with Gasteiger partial charge in [-0.3, -0.25) is 10.1 Å². The van der Waals surface area contributed by atoms with E-state index in [1.807, 2.05) is 4.90 Å². The average Bonchev–Trinajstić information content (AvgIpc) is 2.38. The van der Waals surface area contributed by atoms with Crippen LogP contribution in [0.5, 0.6) is 0 Å². The number of hydrogen-bond acceptors (Lipinski definition) is 6. The molecule has 98 valence electrons. The number of rotatable bonds is 3. The highest BCUT2D eigenvalue weighted by molar-refractivity contribution is 5.61. The molecule has 1 aromatic rings. The summed E-state index contributed by atoms with van der Waals surface area (Å²) in [6.45, 7) is 1.34. The molecule has 1 saturated heterocycles. The first kappa shape index (κ1) is 12.6. The van der Waals surface area contributed by atoms with Gasteiger partial charge in [-0.05, 0) is 18.9 Å². The van der Waals surface area contributed by atoms with Crippen molar-refractivity contribution in [3.8, 4) is 0 Å². The summed E-state index contributed by atoms with van der Waals surface area (Å²) in [5.41, 5.74) is 5.60. The molecular formula is C11H16N4O3. The summed E-state index contributed by atoms with van der Waals surface area (Å²) in [6.07, 6.45) is 1.97. The van der Waals surface area contributed by atoms with Crippen LogP contribution in [0.25, 0.3) is 0 Å². The molecule has 0 bridgehead atoms. The van der Waals surface area contributed by atoms with Gasteiger partial charge in [0, 0.05) is 26.3 Å². The van der Waals surface area contributed by atoms with E-state index >= 15 is 0 Å². The van der Waals surface area contributed by atoms with E-state index in [-0.39, 0.29) is 17.6 Å². The van der Waals surface area contributed by atoms with Gasteiger partial charge in [-0.15, -0.1) is 0 Å². The van der Waals surface area contributed by atoms with E-state index in [0.29, 0.717) is 12.4 Å². The number of ether oxygens (including phenoxy) is 1. The van der Waals surface area contributed by atoms with Crippen LogP contribution < -0.4 is 10.6 Å². The quantitative estimate of drug-likeness (QED) is 0.641. The lowest BCUT2D eigenvalue weighted by Crippen LogP contribution is -2.40. The first-order valence-electron chi connectivity index (χ1n) is 5.80. The highest BCUT2D eigenvalue weighted by atomic mass is 16.6. The number of nitro groups is 1. The number of aromatic nitrogens is 1. The van der Waals surface area contributed by atoms with E-state index < -0.39 is 4.92 Å². The zero-order chi connectivity index (χ0) is 13.1. The van der Waals surface area contributed by atoms with Crippen molar-refractivity contribution in [3.05, 3.63) is 22.2 Å². The molecule has 1 aliphatic heterocycles. The highest BCUT2D eigenvalue weighted by Gasteiger charge is 2.26. The van der Waals surface area contributed by atoms with Crippen LogP contribution in [-0.2, 0) is 4.74 Å². The number of nitrogens with zero attached hydrogens (tertiary/aromatic N) is 3. The maximum absolute atomic E-state index is 11.0. The molecular weight excluding hydrogens is 236 g/mol. The van der Waals surface area contributed by atoms with Gasteiger partial charge in [0.25, 0.3) is 0 Å². The van der Waals surface area contributed by atoms with Crippen LogP contribution in [0.4, 0.5) is 17.3 Å². The van der Waals surface area contributed by atoms with Crippen molar-refractivity contribution in [2.45, 2.75) is 18.9 Å². The fourth-order valence-electron chi connectivity index (χ4n) is 2.15. The molecule has 0 spiro atoms. The van der Waals surface area contributed by atoms with Gasteiger partial charge in [0.1, 0.15) is 5.82 Å². The van der Waals surface area contributed by atoms with Crippen LogP contribution in [0.2, 0.25) is 0 Å². The molecule has 1 unspecified atom stereocenters. The molecule has 0 aromatic carbocycles. The largest absolute Gasteiger partial charge is 0.384 e. The van der Waals surface area contributed by atoms with Gasteiger partial charge in [-0.2, -0.15) is 0 Å². The van der Waals surface area contributed by atoms with Crippen LogP contribution in [0.1, 0.15) is 12.8 Å². The lowest BCUT2D eigenvalue weighted by atomic mass is 10.1.